The first-order valence-electron chi connectivity index (χ1n) is 8.89. The molecule has 2 N–H and O–H groups in total. The van der Waals surface area contributed by atoms with Gasteiger partial charge in [-0.2, -0.15) is 0 Å². The highest BCUT2D eigenvalue weighted by Crippen LogP contribution is 2.15. The van der Waals surface area contributed by atoms with Crippen LogP contribution in [0.4, 0.5) is 0 Å². The van der Waals surface area contributed by atoms with Crippen LogP contribution in [-0.4, -0.2) is 63.4 Å². The first-order chi connectivity index (χ1) is 12.0. The standard InChI is InChI=1S/C19H32N4O2.HI/c1-19(2,23-9-11-25-12-10-23)15-22-18(20-3)21-13-16-5-7-17(8-6-16)14-24-4;/h5-8H,9-15H2,1-4H3,(H2,20,21,22);1H. The Bertz CT molecular complexity index is 543. The lowest BCUT2D eigenvalue weighted by atomic mass is 10.0. The second kappa shape index (κ2) is 11.7. The number of hydrogen-bond donors (Lipinski definition) is 2. The molecule has 0 amide bonds. The van der Waals surface area contributed by atoms with Gasteiger partial charge in [0.05, 0.1) is 19.8 Å². The fourth-order valence-electron chi connectivity index (χ4n) is 2.91. The molecule has 0 aliphatic carbocycles. The monoisotopic (exact) mass is 476 g/mol. The molecule has 1 aromatic rings. The van der Waals surface area contributed by atoms with Crippen molar-refractivity contribution in [3.8, 4) is 0 Å². The van der Waals surface area contributed by atoms with E-state index in [0.717, 1.165) is 45.4 Å². The van der Waals surface area contributed by atoms with E-state index in [4.69, 9.17) is 9.47 Å². The van der Waals surface area contributed by atoms with E-state index in [-0.39, 0.29) is 29.5 Å². The Morgan fingerprint density at radius 3 is 2.35 bits per heavy atom. The summed E-state index contributed by atoms with van der Waals surface area (Å²) >= 11 is 0. The summed E-state index contributed by atoms with van der Waals surface area (Å²) in [7, 11) is 3.52. The number of hydrogen-bond acceptors (Lipinski definition) is 4. The summed E-state index contributed by atoms with van der Waals surface area (Å²) in [6.07, 6.45) is 0. The Morgan fingerprint density at radius 2 is 1.77 bits per heavy atom. The summed E-state index contributed by atoms with van der Waals surface area (Å²) in [6.45, 7) is 10.3. The predicted molar refractivity (Wildman–Crippen MR) is 117 cm³/mol. The van der Waals surface area contributed by atoms with Crippen LogP contribution in [0.5, 0.6) is 0 Å². The van der Waals surface area contributed by atoms with Crippen LogP contribution in [0.3, 0.4) is 0 Å². The summed E-state index contributed by atoms with van der Waals surface area (Å²) in [5.41, 5.74) is 2.46. The highest BCUT2D eigenvalue weighted by molar-refractivity contribution is 14.0. The highest BCUT2D eigenvalue weighted by atomic mass is 127. The Balaban J connectivity index is 0.00000338. The maximum Gasteiger partial charge on any atom is 0.191 e. The maximum atomic E-state index is 5.45. The first kappa shape index (κ1) is 23.1. The van der Waals surface area contributed by atoms with Crippen LogP contribution in [0.15, 0.2) is 29.3 Å². The zero-order valence-corrected chi connectivity index (χ0v) is 18.7. The van der Waals surface area contributed by atoms with Crippen LogP contribution in [0.1, 0.15) is 25.0 Å². The molecule has 0 bridgehead atoms. The minimum atomic E-state index is 0. The van der Waals surface area contributed by atoms with E-state index in [1.165, 1.54) is 11.1 Å². The van der Waals surface area contributed by atoms with Gasteiger partial charge in [-0.25, -0.2) is 0 Å². The third-order valence-corrected chi connectivity index (χ3v) is 4.57. The molecule has 6 nitrogen and oxygen atoms in total. The second-order valence-corrected chi connectivity index (χ2v) is 6.94. The van der Waals surface area contributed by atoms with Crippen LogP contribution in [-0.2, 0) is 22.6 Å². The van der Waals surface area contributed by atoms with Crippen molar-refractivity contribution in [3.05, 3.63) is 35.4 Å². The Kier molecular flexibility index (Phi) is 10.4. The summed E-state index contributed by atoms with van der Waals surface area (Å²) < 4.78 is 10.6. The lowest BCUT2D eigenvalue weighted by Gasteiger charge is -2.41. The predicted octanol–water partition coefficient (Wildman–Crippen LogP) is 2.23. The lowest BCUT2D eigenvalue weighted by Crippen LogP contribution is -2.56. The van der Waals surface area contributed by atoms with Crippen molar-refractivity contribution >= 4 is 29.9 Å². The zero-order valence-electron chi connectivity index (χ0n) is 16.4. The number of nitrogens with one attached hydrogen (secondary N) is 2. The van der Waals surface area contributed by atoms with Gasteiger partial charge < -0.3 is 20.1 Å². The van der Waals surface area contributed by atoms with Crippen LogP contribution in [0.2, 0.25) is 0 Å². The van der Waals surface area contributed by atoms with Crippen molar-refractivity contribution < 1.29 is 9.47 Å². The number of aliphatic imine (C=N–C) groups is 1. The zero-order chi connectivity index (χ0) is 18.1. The number of morpholine rings is 1. The van der Waals surface area contributed by atoms with E-state index in [1.54, 1.807) is 14.2 Å². The molecule has 1 saturated heterocycles. The van der Waals surface area contributed by atoms with Gasteiger partial charge in [-0.05, 0) is 25.0 Å². The fourth-order valence-corrected chi connectivity index (χ4v) is 2.91. The van der Waals surface area contributed by atoms with Crippen LogP contribution < -0.4 is 10.6 Å². The molecule has 1 fully saturated rings. The van der Waals surface area contributed by atoms with Crippen LogP contribution >= 0.6 is 24.0 Å². The van der Waals surface area contributed by atoms with E-state index in [1.807, 2.05) is 0 Å². The van der Waals surface area contributed by atoms with Crippen LogP contribution in [0.25, 0.3) is 0 Å². The van der Waals surface area contributed by atoms with Crippen molar-refractivity contribution in [2.75, 3.05) is 47.0 Å². The molecule has 148 valence electrons. The van der Waals surface area contributed by atoms with Crippen molar-refractivity contribution in [1.82, 2.24) is 15.5 Å². The van der Waals surface area contributed by atoms with E-state index in [9.17, 15) is 0 Å². The van der Waals surface area contributed by atoms with Gasteiger partial charge in [-0.15, -0.1) is 24.0 Å². The maximum absolute atomic E-state index is 5.45. The normalized spacial score (nSPS) is 16.1. The summed E-state index contributed by atoms with van der Waals surface area (Å²) in [5.74, 6) is 0.822. The summed E-state index contributed by atoms with van der Waals surface area (Å²) in [4.78, 5) is 6.79. The highest BCUT2D eigenvalue weighted by Gasteiger charge is 2.28. The fraction of sp³-hybridized carbons (Fsp3) is 0.632. The SMILES string of the molecule is CN=C(NCc1ccc(COC)cc1)NCC(C)(C)N1CCOCC1.I. The van der Waals surface area contributed by atoms with Crippen molar-refractivity contribution in [2.24, 2.45) is 4.99 Å². The molecule has 0 radical (unpaired) electrons. The van der Waals surface area contributed by atoms with Crippen molar-refractivity contribution in [3.63, 3.8) is 0 Å². The summed E-state index contributed by atoms with van der Waals surface area (Å²) in [6, 6.07) is 8.43. The van der Waals surface area contributed by atoms with E-state index in [0.29, 0.717) is 6.61 Å². The van der Waals surface area contributed by atoms with Gasteiger partial charge >= 0.3 is 0 Å². The minimum Gasteiger partial charge on any atom is -0.380 e. The van der Waals surface area contributed by atoms with Gasteiger partial charge in [0.15, 0.2) is 5.96 Å². The van der Waals surface area contributed by atoms with Gasteiger partial charge in [0.1, 0.15) is 0 Å². The molecule has 1 aliphatic heterocycles. The van der Waals surface area contributed by atoms with Gasteiger partial charge in [-0.1, -0.05) is 24.3 Å². The number of halogens is 1. The van der Waals surface area contributed by atoms with Crippen molar-refractivity contribution in [2.45, 2.75) is 32.5 Å². The van der Waals surface area contributed by atoms with Crippen molar-refractivity contribution in [1.29, 1.82) is 0 Å². The van der Waals surface area contributed by atoms with E-state index < -0.39 is 0 Å². The molecule has 0 saturated carbocycles. The molecule has 1 aromatic carbocycles. The molecule has 7 heteroatoms. The van der Waals surface area contributed by atoms with Gasteiger partial charge in [0, 0.05) is 45.9 Å². The average molecular weight is 476 g/mol. The Labute approximate surface area is 174 Å². The van der Waals surface area contributed by atoms with E-state index in [2.05, 4.69) is 58.6 Å². The number of ether oxygens (including phenoxy) is 2. The summed E-state index contributed by atoms with van der Waals surface area (Å²) in [5, 5.41) is 6.82. The molecule has 0 spiro atoms. The molecular formula is C19H33IN4O2. The Hall–Kier alpha value is -0.900. The topological polar surface area (TPSA) is 58.1 Å². The van der Waals surface area contributed by atoms with Gasteiger partial charge in [0.25, 0.3) is 0 Å². The lowest BCUT2D eigenvalue weighted by molar-refractivity contribution is -0.00834. The largest absolute Gasteiger partial charge is 0.380 e. The van der Waals surface area contributed by atoms with Gasteiger partial charge in [0.2, 0.25) is 0 Å². The molecular weight excluding hydrogens is 443 g/mol. The minimum absolute atomic E-state index is 0. The number of nitrogens with zero attached hydrogens (tertiary/aromatic N) is 2. The number of methoxy groups -OCH3 is 1. The Morgan fingerprint density at radius 1 is 1.15 bits per heavy atom. The molecule has 2 rings (SSSR count). The molecule has 1 aliphatic rings. The molecule has 1 heterocycles. The quantitative estimate of drug-likeness (QED) is 0.359. The number of rotatable bonds is 7. The van der Waals surface area contributed by atoms with Gasteiger partial charge in [-0.3, -0.25) is 9.89 Å². The van der Waals surface area contributed by atoms with Crippen LogP contribution in [0, 0.1) is 0 Å². The molecule has 0 unspecified atom stereocenters. The molecule has 0 atom stereocenters. The average Bonchev–Trinajstić information content (AvgIpc) is 2.64. The first-order valence-corrected chi connectivity index (χ1v) is 8.89. The molecule has 26 heavy (non-hydrogen) atoms. The number of guanidine groups is 1. The second-order valence-electron chi connectivity index (χ2n) is 6.94. The third kappa shape index (κ3) is 7.38. The third-order valence-electron chi connectivity index (χ3n) is 4.57. The smallest absolute Gasteiger partial charge is 0.191 e. The number of benzene rings is 1. The molecule has 0 aromatic heterocycles. The van der Waals surface area contributed by atoms with E-state index >= 15 is 0 Å².